The smallest absolute Gasteiger partial charge is 0.129 e. The van der Waals surface area contributed by atoms with Crippen molar-refractivity contribution in [3.63, 3.8) is 0 Å². The predicted octanol–water partition coefficient (Wildman–Crippen LogP) is 0.522. The zero-order chi connectivity index (χ0) is 9.56. The second kappa shape index (κ2) is 5.75. The molecule has 0 bridgehead atoms. The van der Waals surface area contributed by atoms with Crippen molar-refractivity contribution >= 4 is 11.8 Å². The van der Waals surface area contributed by atoms with E-state index in [-0.39, 0.29) is 5.78 Å². The van der Waals surface area contributed by atoms with Crippen molar-refractivity contribution in [1.29, 1.82) is 0 Å². The van der Waals surface area contributed by atoms with Gasteiger partial charge in [-0.15, -0.1) is 0 Å². The summed E-state index contributed by atoms with van der Waals surface area (Å²) < 4.78 is 0. The van der Waals surface area contributed by atoms with E-state index >= 15 is 0 Å². The molecule has 0 amide bonds. The topological polar surface area (TPSA) is 57.2 Å². The number of carboxylic acid groups (broad SMARTS) is 1. The van der Waals surface area contributed by atoms with E-state index in [1.54, 1.807) is 0 Å². The number of aliphatic carboxylic acids is 1. The molecule has 0 spiro atoms. The van der Waals surface area contributed by atoms with Gasteiger partial charge in [0.05, 0.1) is 0 Å². The van der Waals surface area contributed by atoms with Gasteiger partial charge in [0.2, 0.25) is 0 Å². The molecular formula is C9H15O3-. The van der Waals surface area contributed by atoms with E-state index in [0.717, 1.165) is 6.42 Å². The van der Waals surface area contributed by atoms with Gasteiger partial charge >= 0.3 is 0 Å². The fraction of sp³-hybridized carbons (Fsp3) is 0.778. The van der Waals surface area contributed by atoms with Gasteiger partial charge in [0.1, 0.15) is 5.78 Å². The number of carboxylic acids is 1. The number of rotatable bonds is 6. The Morgan fingerprint density at radius 1 is 1.33 bits per heavy atom. The van der Waals surface area contributed by atoms with E-state index in [2.05, 4.69) is 0 Å². The van der Waals surface area contributed by atoms with Crippen LogP contribution in [0.5, 0.6) is 0 Å². The van der Waals surface area contributed by atoms with Gasteiger partial charge in [-0.3, -0.25) is 0 Å². The van der Waals surface area contributed by atoms with E-state index in [0.29, 0.717) is 19.3 Å². The van der Waals surface area contributed by atoms with Gasteiger partial charge in [-0.1, -0.05) is 13.3 Å². The SMILES string of the molecule is CCC[C@H](CCC(C)=O)C(=O)[O-]. The molecule has 0 aromatic carbocycles. The zero-order valence-electron chi connectivity index (χ0n) is 7.63. The largest absolute Gasteiger partial charge is 0.550 e. The van der Waals surface area contributed by atoms with E-state index < -0.39 is 11.9 Å². The minimum absolute atomic E-state index is 0.0392. The van der Waals surface area contributed by atoms with Gasteiger partial charge in [0.15, 0.2) is 0 Å². The molecule has 0 N–H and O–H groups in total. The third kappa shape index (κ3) is 4.88. The van der Waals surface area contributed by atoms with E-state index in [1.807, 2.05) is 6.92 Å². The van der Waals surface area contributed by atoms with E-state index in [1.165, 1.54) is 6.92 Å². The van der Waals surface area contributed by atoms with Crippen molar-refractivity contribution in [2.45, 2.75) is 39.5 Å². The molecule has 3 heteroatoms. The lowest BCUT2D eigenvalue weighted by atomic mass is 9.97. The maximum atomic E-state index is 10.6. The number of hydrogen-bond donors (Lipinski definition) is 0. The first-order valence-corrected chi connectivity index (χ1v) is 4.28. The molecule has 0 rings (SSSR count). The third-order valence-corrected chi connectivity index (χ3v) is 1.82. The quantitative estimate of drug-likeness (QED) is 0.585. The van der Waals surface area contributed by atoms with Gasteiger partial charge < -0.3 is 14.7 Å². The Labute approximate surface area is 72.8 Å². The zero-order valence-corrected chi connectivity index (χ0v) is 7.63. The Hall–Kier alpha value is -0.860. The lowest BCUT2D eigenvalue weighted by Gasteiger charge is -2.15. The van der Waals surface area contributed by atoms with Crippen LogP contribution in [0.1, 0.15) is 39.5 Å². The summed E-state index contributed by atoms with van der Waals surface area (Å²) >= 11 is 0. The van der Waals surface area contributed by atoms with E-state index in [4.69, 9.17) is 0 Å². The molecule has 0 aromatic heterocycles. The molecule has 1 atom stereocenters. The third-order valence-electron chi connectivity index (χ3n) is 1.82. The summed E-state index contributed by atoms with van der Waals surface area (Å²) in [6.07, 6.45) is 2.19. The van der Waals surface area contributed by atoms with Crippen LogP contribution >= 0.6 is 0 Å². The van der Waals surface area contributed by atoms with Crippen LogP contribution in [0.15, 0.2) is 0 Å². The fourth-order valence-electron chi connectivity index (χ4n) is 1.11. The summed E-state index contributed by atoms with van der Waals surface area (Å²) in [7, 11) is 0. The monoisotopic (exact) mass is 171 g/mol. The predicted molar refractivity (Wildman–Crippen MR) is 43.3 cm³/mol. The fourth-order valence-corrected chi connectivity index (χ4v) is 1.11. The summed E-state index contributed by atoms with van der Waals surface area (Å²) in [5, 5.41) is 10.5. The Balaban J connectivity index is 3.79. The minimum atomic E-state index is -1.03. The van der Waals surface area contributed by atoms with Crippen LogP contribution in [-0.2, 0) is 9.59 Å². The van der Waals surface area contributed by atoms with Gasteiger partial charge in [-0.05, 0) is 25.7 Å². The molecule has 0 radical (unpaired) electrons. The Morgan fingerprint density at radius 2 is 1.92 bits per heavy atom. The van der Waals surface area contributed by atoms with Crippen LogP contribution in [-0.4, -0.2) is 11.8 Å². The molecule has 0 saturated heterocycles. The van der Waals surface area contributed by atoms with Crippen LogP contribution in [0.25, 0.3) is 0 Å². The number of carbonyl (C=O) groups is 2. The summed E-state index contributed by atoms with van der Waals surface area (Å²) in [4.78, 5) is 21.0. The van der Waals surface area contributed by atoms with Crippen LogP contribution in [0.3, 0.4) is 0 Å². The first-order valence-electron chi connectivity index (χ1n) is 4.28. The van der Waals surface area contributed by atoms with Crippen molar-refractivity contribution < 1.29 is 14.7 Å². The first kappa shape index (κ1) is 11.1. The molecule has 3 nitrogen and oxygen atoms in total. The molecule has 0 fully saturated rings. The van der Waals surface area contributed by atoms with Crippen molar-refractivity contribution in [3.8, 4) is 0 Å². The van der Waals surface area contributed by atoms with Gasteiger partial charge in [0.25, 0.3) is 0 Å². The second-order valence-electron chi connectivity index (χ2n) is 3.05. The molecule has 0 aliphatic carbocycles. The molecule has 0 aromatic rings. The molecule has 0 aliphatic rings. The van der Waals surface area contributed by atoms with Crippen LogP contribution in [0, 0.1) is 5.92 Å². The Bertz CT molecular complexity index is 163. The standard InChI is InChI=1S/C9H16O3/c1-3-4-8(9(11)12)6-5-7(2)10/h8H,3-6H2,1-2H3,(H,11,12)/p-1/t8-/m1/s1. The summed E-state index contributed by atoms with van der Waals surface area (Å²) in [5.74, 6) is -1.44. The number of carbonyl (C=O) groups excluding carboxylic acids is 2. The molecule has 0 heterocycles. The average Bonchev–Trinajstić information content (AvgIpc) is 1.96. The van der Waals surface area contributed by atoms with Crippen molar-refractivity contribution in [1.82, 2.24) is 0 Å². The highest BCUT2D eigenvalue weighted by Gasteiger charge is 2.09. The van der Waals surface area contributed by atoms with Crippen LogP contribution in [0.2, 0.25) is 0 Å². The number of ketones is 1. The highest BCUT2D eigenvalue weighted by molar-refractivity contribution is 5.76. The minimum Gasteiger partial charge on any atom is -0.550 e. The lowest BCUT2D eigenvalue weighted by molar-refractivity contribution is -0.312. The highest BCUT2D eigenvalue weighted by Crippen LogP contribution is 2.12. The molecule has 0 saturated carbocycles. The second-order valence-corrected chi connectivity index (χ2v) is 3.05. The van der Waals surface area contributed by atoms with Crippen LogP contribution < -0.4 is 5.11 Å². The normalized spacial score (nSPS) is 12.5. The van der Waals surface area contributed by atoms with Gasteiger partial charge in [-0.25, -0.2) is 0 Å². The van der Waals surface area contributed by atoms with Gasteiger partial charge in [0, 0.05) is 12.4 Å². The maximum absolute atomic E-state index is 10.6. The highest BCUT2D eigenvalue weighted by atomic mass is 16.4. The molecule has 0 unspecified atom stereocenters. The molecule has 12 heavy (non-hydrogen) atoms. The van der Waals surface area contributed by atoms with Crippen molar-refractivity contribution in [2.75, 3.05) is 0 Å². The van der Waals surface area contributed by atoms with Crippen LogP contribution in [0.4, 0.5) is 0 Å². The number of Topliss-reactive ketones (excluding diaryl/α,β-unsaturated/α-hetero) is 1. The summed E-state index contributed by atoms with van der Waals surface area (Å²) in [5.41, 5.74) is 0. The number of hydrogen-bond acceptors (Lipinski definition) is 3. The lowest BCUT2D eigenvalue weighted by Crippen LogP contribution is -2.31. The summed E-state index contributed by atoms with van der Waals surface area (Å²) in [6, 6.07) is 0. The first-order chi connectivity index (χ1) is 5.57. The van der Waals surface area contributed by atoms with Gasteiger partial charge in [-0.2, -0.15) is 0 Å². The molecular weight excluding hydrogens is 156 g/mol. The van der Waals surface area contributed by atoms with Crippen molar-refractivity contribution in [2.24, 2.45) is 5.92 Å². The Morgan fingerprint density at radius 3 is 2.25 bits per heavy atom. The van der Waals surface area contributed by atoms with Crippen molar-refractivity contribution in [3.05, 3.63) is 0 Å². The van der Waals surface area contributed by atoms with E-state index in [9.17, 15) is 14.7 Å². The maximum Gasteiger partial charge on any atom is 0.129 e. The molecule has 70 valence electrons. The Kier molecular flexibility index (Phi) is 5.34. The summed E-state index contributed by atoms with van der Waals surface area (Å²) in [6.45, 7) is 3.39. The average molecular weight is 171 g/mol. The molecule has 0 aliphatic heterocycles.